The van der Waals surface area contributed by atoms with E-state index in [2.05, 4.69) is 0 Å². The number of rotatable bonds is 5. The van der Waals surface area contributed by atoms with E-state index in [4.69, 9.17) is 4.74 Å². The van der Waals surface area contributed by atoms with Crippen LogP contribution in [0.2, 0.25) is 0 Å². The summed E-state index contributed by atoms with van der Waals surface area (Å²) in [5.74, 6) is -1.63. The molecule has 0 aliphatic carbocycles. The van der Waals surface area contributed by atoms with E-state index in [0.717, 1.165) is 0 Å². The van der Waals surface area contributed by atoms with Crippen LogP contribution in [0.1, 0.15) is 27.2 Å². The summed E-state index contributed by atoms with van der Waals surface area (Å²) in [7, 11) is 0. The van der Waals surface area contributed by atoms with Gasteiger partial charge in [-0.25, -0.2) is 4.79 Å². The first-order valence-electron chi connectivity index (χ1n) is 7.28. The number of fused-ring (bicyclic) bond motifs is 1. The van der Waals surface area contributed by atoms with Crippen molar-refractivity contribution in [2.75, 3.05) is 4.90 Å². The molecule has 8 heteroatoms. The number of carboxylic acid groups (broad SMARTS) is 1. The van der Waals surface area contributed by atoms with Crippen molar-refractivity contribution < 1.29 is 24.4 Å². The average molecular weight is 322 g/mol. The van der Waals surface area contributed by atoms with Crippen molar-refractivity contribution in [1.29, 1.82) is 0 Å². The van der Waals surface area contributed by atoms with Crippen molar-refractivity contribution >= 4 is 23.3 Å². The lowest BCUT2D eigenvalue weighted by Crippen LogP contribution is -2.54. The van der Waals surface area contributed by atoms with Gasteiger partial charge < -0.3 is 9.84 Å². The Morgan fingerprint density at radius 2 is 2.13 bits per heavy atom. The number of aliphatic carboxylic acids is 1. The van der Waals surface area contributed by atoms with Gasteiger partial charge in [0.25, 0.3) is 11.6 Å². The Hall–Kier alpha value is -2.64. The molecule has 2 atom stereocenters. The number of ether oxygens (including phenoxy) is 1. The Bertz CT molecular complexity index is 657. The van der Waals surface area contributed by atoms with Gasteiger partial charge >= 0.3 is 5.97 Å². The molecule has 1 N–H and O–H groups in total. The molecule has 124 valence electrons. The summed E-state index contributed by atoms with van der Waals surface area (Å²) in [6.45, 7) is 5.20. The second-order valence-corrected chi connectivity index (χ2v) is 5.66. The zero-order valence-corrected chi connectivity index (χ0v) is 13.1. The van der Waals surface area contributed by atoms with Crippen LogP contribution in [0.25, 0.3) is 0 Å². The number of hydrogen-bond acceptors (Lipinski definition) is 5. The molecule has 1 aromatic rings. The minimum atomic E-state index is -1.13. The largest absolute Gasteiger partial charge is 0.480 e. The van der Waals surface area contributed by atoms with Crippen LogP contribution in [0.3, 0.4) is 0 Å². The zero-order valence-electron chi connectivity index (χ0n) is 13.1. The van der Waals surface area contributed by atoms with Crippen LogP contribution in [-0.4, -0.2) is 34.1 Å². The van der Waals surface area contributed by atoms with E-state index in [9.17, 15) is 24.8 Å². The van der Waals surface area contributed by atoms with Crippen LogP contribution < -0.4 is 9.64 Å². The number of benzene rings is 1. The van der Waals surface area contributed by atoms with E-state index >= 15 is 0 Å². The summed E-state index contributed by atoms with van der Waals surface area (Å²) in [6.07, 6.45) is -0.666. The minimum Gasteiger partial charge on any atom is -0.480 e. The van der Waals surface area contributed by atoms with Gasteiger partial charge in [-0.2, -0.15) is 0 Å². The molecule has 2 unspecified atom stereocenters. The maximum absolute atomic E-state index is 12.7. The average Bonchev–Trinajstić information content (AvgIpc) is 2.48. The highest BCUT2D eigenvalue weighted by molar-refractivity contribution is 6.04. The number of amides is 1. The van der Waals surface area contributed by atoms with Crippen LogP contribution in [0, 0.1) is 16.0 Å². The molecule has 2 rings (SSSR count). The second kappa shape index (κ2) is 6.23. The number of nitro benzene ring substituents is 1. The van der Waals surface area contributed by atoms with Crippen LogP contribution in [0.5, 0.6) is 5.75 Å². The van der Waals surface area contributed by atoms with E-state index in [1.807, 2.05) is 0 Å². The highest BCUT2D eigenvalue weighted by Gasteiger charge is 2.42. The quantitative estimate of drug-likeness (QED) is 0.657. The van der Waals surface area contributed by atoms with Crippen molar-refractivity contribution in [3.05, 3.63) is 28.3 Å². The van der Waals surface area contributed by atoms with Crippen molar-refractivity contribution in [3.8, 4) is 5.75 Å². The van der Waals surface area contributed by atoms with Gasteiger partial charge in [0.1, 0.15) is 6.04 Å². The molecule has 0 fully saturated rings. The summed E-state index contributed by atoms with van der Waals surface area (Å²) in [4.78, 5) is 35.7. The van der Waals surface area contributed by atoms with E-state index in [0.29, 0.717) is 0 Å². The predicted molar refractivity (Wildman–Crippen MR) is 81.6 cm³/mol. The Balaban J connectivity index is 2.59. The number of nitrogens with zero attached hydrogens (tertiary/aromatic N) is 2. The normalized spacial score (nSPS) is 18.3. The first kappa shape index (κ1) is 16.7. The number of hydrogen-bond donors (Lipinski definition) is 1. The molecule has 1 aromatic carbocycles. The Morgan fingerprint density at radius 1 is 1.48 bits per heavy atom. The fourth-order valence-electron chi connectivity index (χ4n) is 2.56. The van der Waals surface area contributed by atoms with Gasteiger partial charge in [0.05, 0.1) is 16.7 Å². The number of non-ortho nitro benzene ring substituents is 1. The SMILES string of the molecule is CCC(C(=O)O)N1C(=O)C(C(C)C)Oc2cc([N+](=O)[O-])ccc21. The predicted octanol–water partition coefficient (Wildman–Crippen LogP) is 2.21. The molecule has 0 bridgehead atoms. The van der Waals surface area contributed by atoms with E-state index in [1.54, 1.807) is 20.8 Å². The standard InChI is InChI=1S/C15H18N2O6/c1-4-10(15(19)20)16-11-6-5-9(17(21)22)7-12(11)23-13(8(2)3)14(16)18/h5-8,10,13H,4H2,1-3H3,(H,19,20). The number of nitro groups is 1. The van der Waals surface area contributed by atoms with E-state index < -0.39 is 28.9 Å². The highest BCUT2D eigenvalue weighted by atomic mass is 16.6. The topological polar surface area (TPSA) is 110 Å². The van der Waals surface area contributed by atoms with Gasteiger partial charge in [0, 0.05) is 6.07 Å². The Morgan fingerprint density at radius 3 is 2.61 bits per heavy atom. The summed E-state index contributed by atoms with van der Waals surface area (Å²) in [5.41, 5.74) is 0.0654. The summed E-state index contributed by atoms with van der Waals surface area (Å²) in [6, 6.07) is 2.76. The van der Waals surface area contributed by atoms with E-state index in [-0.39, 0.29) is 29.5 Å². The van der Waals surface area contributed by atoms with Crippen molar-refractivity contribution in [1.82, 2.24) is 0 Å². The highest BCUT2D eigenvalue weighted by Crippen LogP contribution is 2.39. The maximum Gasteiger partial charge on any atom is 0.326 e. The molecule has 1 amide bonds. The van der Waals surface area contributed by atoms with Crippen LogP contribution in [0.15, 0.2) is 18.2 Å². The Labute approximate surface area is 132 Å². The fourth-order valence-corrected chi connectivity index (χ4v) is 2.56. The van der Waals surface area contributed by atoms with Gasteiger partial charge in [0.2, 0.25) is 0 Å². The van der Waals surface area contributed by atoms with E-state index in [1.165, 1.54) is 23.1 Å². The summed E-state index contributed by atoms with van der Waals surface area (Å²) >= 11 is 0. The molecule has 0 aromatic heterocycles. The van der Waals surface area contributed by atoms with Crippen molar-refractivity contribution in [2.24, 2.45) is 5.92 Å². The third kappa shape index (κ3) is 2.96. The molecule has 1 aliphatic rings. The molecular formula is C15H18N2O6. The number of anilines is 1. The monoisotopic (exact) mass is 322 g/mol. The number of carboxylic acids is 1. The first-order valence-corrected chi connectivity index (χ1v) is 7.28. The molecule has 1 heterocycles. The molecule has 0 saturated carbocycles. The minimum absolute atomic E-state index is 0.150. The molecule has 0 spiro atoms. The lowest BCUT2D eigenvalue weighted by Gasteiger charge is -2.38. The van der Waals surface area contributed by atoms with Crippen LogP contribution in [-0.2, 0) is 9.59 Å². The van der Waals surface area contributed by atoms with Crippen LogP contribution in [0.4, 0.5) is 11.4 Å². The maximum atomic E-state index is 12.7. The van der Waals surface area contributed by atoms with Gasteiger partial charge in [-0.05, 0) is 18.4 Å². The number of carbonyl (C=O) groups excluding carboxylic acids is 1. The fraction of sp³-hybridized carbons (Fsp3) is 0.467. The molecule has 23 heavy (non-hydrogen) atoms. The summed E-state index contributed by atoms with van der Waals surface area (Å²) < 4.78 is 5.61. The third-order valence-electron chi connectivity index (χ3n) is 3.74. The smallest absolute Gasteiger partial charge is 0.326 e. The lowest BCUT2D eigenvalue weighted by molar-refractivity contribution is -0.384. The molecule has 0 saturated heterocycles. The summed E-state index contributed by atoms with van der Waals surface area (Å²) in [5, 5.41) is 20.3. The molecular weight excluding hydrogens is 304 g/mol. The Kier molecular flexibility index (Phi) is 4.53. The zero-order chi connectivity index (χ0) is 17.3. The number of carbonyl (C=O) groups is 2. The molecule has 8 nitrogen and oxygen atoms in total. The van der Waals surface area contributed by atoms with Gasteiger partial charge in [-0.15, -0.1) is 0 Å². The van der Waals surface area contributed by atoms with Gasteiger partial charge in [-0.3, -0.25) is 19.8 Å². The molecule has 0 radical (unpaired) electrons. The van der Waals surface area contributed by atoms with Gasteiger partial charge in [0.15, 0.2) is 11.9 Å². The first-order chi connectivity index (χ1) is 10.8. The third-order valence-corrected chi connectivity index (χ3v) is 3.74. The van der Waals surface area contributed by atoms with Gasteiger partial charge in [-0.1, -0.05) is 20.8 Å². The lowest BCUT2D eigenvalue weighted by atomic mass is 10.0. The molecule has 1 aliphatic heterocycles. The van der Waals surface area contributed by atoms with Crippen molar-refractivity contribution in [2.45, 2.75) is 39.3 Å². The van der Waals surface area contributed by atoms with Crippen LogP contribution >= 0.6 is 0 Å². The second-order valence-electron chi connectivity index (χ2n) is 5.66. The van der Waals surface area contributed by atoms with Crippen molar-refractivity contribution in [3.63, 3.8) is 0 Å².